The third-order valence-corrected chi connectivity index (χ3v) is 3.74. The average molecular weight is 325 g/mol. The minimum absolute atomic E-state index is 0.559. The van der Waals surface area contributed by atoms with Crippen molar-refractivity contribution in [2.75, 3.05) is 6.54 Å². The Morgan fingerprint density at radius 3 is 2.71 bits per heavy atom. The first-order valence-electron chi connectivity index (χ1n) is 4.65. The second-order valence-corrected chi connectivity index (χ2v) is 7.01. The largest absolute Gasteiger partial charge is 0.390 e. The number of thiophene rings is 1. The van der Waals surface area contributed by atoms with Crippen molar-refractivity contribution in [2.45, 2.75) is 32.4 Å². The molecular formula is C10H16INOS. The summed E-state index contributed by atoms with van der Waals surface area (Å²) in [4.78, 5) is 1.35. The van der Waals surface area contributed by atoms with Gasteiger partial charge in [0.25, 0.3) is 0 Å². The predicted octanol–water partition coefficient (Wildman–Crippen LogP) is 2.60. The zero-order valence-electron chi connectivity index (χ0n) is 8.51. The van der Waals surface area contributed by atoms with E-state index in [0.717, 1.165) is 19.5 Å². The number of hydrogen-bond donors (Lipinski definition) is 2. The van der Waals surface area contributed by atoms with Gasteiger partial charge in [0.1, 0.15) is 0 Å². The number of aliphatic hydroxyl groups is 1. The van der Waals surface area contributed by atoms with Crippen LogP contribution in [-0.4, -0.2) is 17.3 Å². The molecule has 0 aromatic carbocycles. The Labute approximate surface area is 103 Å². The zero-order valence-corrected chi connectivity index (χ0v) is 11.5. The maximum Gasteiger partial charge on any atom is 0.0656 e. The van der Waals surface area contributed by atoms with Crippen molar-refractivity contribution >= 4 is 33.9 Å². The Balaban J connectivity index is 2.16. The van der Waals surface area contributed by atoms with Gasteiger partial charge in [-0.3, -0.25) is 0 Å². The standard InChI is InChI=1S/C10H16INOS/c1-10(2,13)5-6-12-7-8-3-4-9(11)14-8/h3-4,12-13H,5-7H2,1-2H3. The van der Waals surface area contributed by atoms with Crippen LogP contribution in [-0.2, 0) is 6.54 Å². The summed E-state index contributed by atoms with van der Waals surface area (Å²) in [6.45, 7) is 5.44. The van der Waals surface area contributed by atoms with Gasteiger partial charge in [-0.05, 0) is 61.5 Å². The second-order valence-electron chi connectivity index (χ2n) is 3.95. The average Bonchev–Trinajstić information content (AvgIpc) is 2.44. The van der Waals surface area contributed by atoms with Gasteiger partial charge in [-0.2, -0.15) is 0 Å². The molecule has 14 heavy (non-hydrogen) atoms. The van der Waals surface area contributed by atoms with Crippen molar-refractivity contribution in [3.8, 4) is 0 Å². The molecule has 1 heterocycles. The first-order chi connectivity index (χ1) is 6.47. The van der Waals surface area contributed by atoms with Crippen LogP contribution in [0.3, 0.4) is 0 Å². The van der Waals surface area contributed by atoms with Gasteiger partial charge in [0.05, 0.1) is 8.48 Å². The summed E-state index contributed by atoms with van der Waals surface area (Å²) in [5, 5.41) is 12.8. The Hall–Kier alpha value is 0.350. The van der Waals surface area contributed by atoms with Gasteiger partial charge >= 0.3 is 0 Å². The molecule has 0 saturated heterocycles. The summed E-state index contributed by atoms with van der Waals surface area (Å²) in [5.41, 5.74) is -0.559. The predicted molar refractivity (Wildman–Crippen MR) is 69.7 cm³/mol. The van der Waals surface area contributed by atoms with Crippen LogP contribution in [0.15, 0.2) is 12.1 Å². The van der Waals surface area contributed by atoms with Crippen LogP contribution in [0.25, 0.3) is 0 Å². The van der Waals surface area contributed by atoms with E-state index in [1.807, 2.05) is 25.2 Å². The van der Waals surface area contributed by atoms with E-state index in [0.29, 0.717) is 0 Å². The Morgan fingerprint density at radius 2 is 2.21 bits per heavy atom. The van der Waals surface area contributed by atoms with Crippen LogP contribution in [0, 0.1) is 2.88 Å². The molecule has 4 heteroatoms. The quantitative estimate of drug-likeness (QED) is 0.644. The zero-order chi connectivity index (χ0) is 10.6. The summed E-state index contributed by atoms with van der Waals surface area (Å²) in [6.07, 6.45) is 0.787. The molecule has 0 atom stereocenters. The summed E-state index contributed by atoms with van der Waals surface area (Å²) in [7, 11) is 0. The Kier molecular flexibility index (Phi) is 4.82. The normalized spacial score (nSPS) is 12.0. The van der Waals surface area contributed by atoms with Crippen LogP contribution < -0.4 is 5.32 Å². The smallest absolute Gasteiger partial charge is 0.0656 e. The summed E-state index contributed by atoms with van der Waals surface area (Å²) in [5.74, 6) is 0. The molecule has 0 radical (unpaired) electrons. The molecule has 0 unspecified atom stereocenters. The maximum absolute atomic E-state index is 9.48. The number of nitrogens with one attached hydrogen (secondary N) is 1. The third-order valence-electron chi connectivity index (χ3n) is 1.84. The monoisotopic (exact) mass is 325 g/mol. The van der Waals surface area contributed by atoms with Gasteiger partial charge in [0.2, 0.25) is 0 Å². The molecule has 0 bridgehead atoms. The molecule has 0 saturated carbocycles. The van der Waals surface area contributed by atoms with Gasteiger partial charge in [0.15, 0.2) is 0 Å². The molecular weight excluding hydrogens is 309 g/mol. The Bertz CT molecular complexity index is 280. The van der Waals surface area contributed by atoms with Crippen molar-refractivity contribution in [1.29, 1.82) is 0 Å². The highest BCUT2D eigenvalue weighted by Gasteiger charge is 2.10. The lowest BCUT2D eigenvalue weighted by Crippen LogP contribution is -2.26. The van der Waals surface area contributed by atoms with Crippen molar-refractivity contribution in [3.05, 3.63) is 19.9 Å². The lowest BCUT2D eigenvalue weighted by atomic mass is 10.1. The fourth-order valence-corrected chi connectivity index (χ4v) is 2.78. The van der Waals surface area contributed by atoms with Crippen LogP contribution in [0.4, 0.5) is 0 Å². The van der Waals surface area contributed by atoms with Gasteiger partial charge in [0, 0.05) is 11.4 Å². The first kappa shape index (κ1) is 12.4. The van der Waals surface area contributed by atoms with E-state index in [2.05, 4.69) is 40.0 Å². The fraction of sp³-hybridized carbons (Fsp3) is 0.600. The van der Waals surface area contributed by atoms with Gasteiger partial charge in [-0.25, -0.2) is 0 Å². The molecule has 1 aromatic rings. The first-order valence-corrected chi connectivity index (χ1v) is 6.54. The van der Waals surface area contributed by atoms with Gasteiger partial charge < -0.3 is 10.4 Å². The van der Waals surface area contributed by atoms with E-state index in [1.165, 1.54) is 7.76 Å². The van der Waals surface area contributed by atoms with Crippen molar-refractivity contribution in [3.63, 3.8) is 0 Å². The fourth-order valence-electron chi connectivity index (χ4n) is 1.05. The van der Waals surface area contributed by atoms with Crippen LogP contribution in [0.2, 0.25) is 0 Å². The second kappa shape index (κ2) is 5.44. The molecule has 0 aliphatic carbocycles. The number of hydrogen-bond acceptors (Lipinski definition) is 3. The molecule has 0 fully saturated rings. The van der Waals surface area contributed by atoms with Crippen molar-refractivity contribution in [1.82, 2.24) is 5.32 Å². The molecule has 2 nitrogen and oxygen atoms in total. The minimum atomic E-state index is -0.559. The lowest BCUT2D eigenvalue weighted by Gasteiger charge is -2.16. The third kappa shape index (κ3) is 5.29. The molecule has 2 N–H and O–H groups in total. The highest BCUT2D eigenvalue weighted by atomic mass is 127. The SMILES string of the molecule is CC(C)(O)CCNCc1ccc(I)s1. The molecule has 1 rings (SSSR count). The van der Waals surface area contributed by atoms with E-state index in [9.17, 15) is 5.11 Å². The van der Waals surface area contributed by atoms with E-state index in [1.54, 1.807) is 0 Å². The van der Waals surface area contributed by atoms with Crippen LogP contribution >= 0.6 is 33.9 Å². The molecule has 0 aliphatic heterocycles. The molecule has 0 amide bonds. The maximum atomic E-state index is 9.48. The van der Waals surface area contributed by atoms with E-state index >= 15 is 0 Å². The topological polar surface area (TPSA) is 32.3 Å². The van der Waals surface area contributed by atoms with Crippen molar-refractivity contribution < 1.29 is 5.11 Å². The highest BCUT2D eigenvalue weighted by Crippen LogP contribution is 2.17. The van der Waals surface area contributed by atoms with Gasteiger partial charge in [-0.1, -0.05) is 0 Å². The molecule has 1 aromatic heterocycles. The van der Waals surface area contributed by atoms with Crippen LogP contribution in [0.5, 0.6) is 0 Å². The van der Waals surface area contributed by atoms with Crippen molar-refractivity contribution in [2.24, 2.45) is 0 Å². The van der Waals surface area contributed by atoms with Gasteiger partial charge in [-0.15, -0.1) is 11.3 Å². The molecule has 80 valence electrons. The summed E-state index contributed by atoms with van der Waals surface area (Å²) >= 11 is 4.13. The van der Waals surface area contributed by atoms with E-state index in [4.69, 9.17) is 0 Å². The lowest BCUT2D eigenvalue weighted by molar-refractivity contribution is 0.0711. The van der Waals surface area contributed by atoms with E-state index in [-0.39, 0.29) is 0 Å². The van der Waals surface area contributed by atoms with E-state index < -0.39 is 5.60 Å². The summed E-state index contributed by atoms with van der Waals surface area (Å²) in [6, 6.07) is 4.27. The molecule has 0 spiro atoms. The Morgan fingerprint density at radius 1 is 1.50 bits per heavy atom. The van der Waals surface area contributed by atoms with Crippen LogP contribution in [0.1, 0.15) is 25.1 Å². The summed E-state index contributed by atoms with van der Waals surface area (Å²) < 4.78 is 1.32. The number of halogens is 1. The molecule has 0 aliphatic rings. The highest BCUT2D eigenvalue weighted by molar-refractivity contribution is 14.1. The minimum Gasteiger partial charge on any atom is -0.390 e. The number of rotatable bonds is 5.